The Hall–Kier alpha value is -1.13. The highest BCUT2D eigenvalue weighted by Gasteiger charge is 2.33. The Morgan fingerprint density at radius 3 is 2.82 bits per heavy atom. The molecule has 1 saturated carbocycles. The van der Waals surface area contributed by atoms with Crippen molar-refractivity contribution in [1.82, 2.24) is 9.88 Å². The number of likely N-dealkylation sites (N-methyl/N-ethyl adjacent to an activating group) is 1. The van der Waals surface area contributed by atoms with Gasteiger partial charge in [-0.2, -0.15) is 0 Å². The van der Waals surface area contributed by atoms with Gasteiger partial charge in [0, 0.05) is 24.8 Å². The second-order valence-corrected chi connectivity index (χ2v) is 4.97. The monoisotopic (exact) mass is 235 g/mol. The first-order chi connectivity index (χ1) is 8.11. The Morgan fingerprint density at radius 2 is 2.24 bits per heavy atom. The Labute approximate surface area is 102 Å². The molecule has 0 amide bonds. The summed E-state index contributed by atoms with van der Waals surface area (Å²) >= 11 is 0. The summed E-state index contributed by atoms with van der Waals surface area (Å²) in [6.07, 6.45) is 2.55. The molecular formula is C13H21N3O. The van der Waals surface area contributed by atoms with E-state index in [0.29, 0.717) is 19.1 Å². The fourth-order valence-corrected chi connectivity index (χ4v) is 2.29. The fraction of sp³-hybridized carbons (Fsp3) is 0.615. The van der Waals surface area contributed by atoms with Crippen molar-refractivity contribution < 1.29 is 5.11 Å². The van der Waals surface area contributed by atoms with Gasteiger partial charge < -0.3 is 10.8 Å². The third-order valence-corrected chi connectivity index (χ3v) is 3.46. The van der Waals surface area contributed by atoms with Gasteiger partial charge in [-0.3, -0.25) is 9.88 Å². The summed E-state index contributed by atoms with van der Waals surface area (Å²) in [4.78, 5) is 6.58. The predicted molar refractivity (Wildman–Crippen MR) is 67.7 cm³/mol. The summed E-state index contributed by atoms with van der Waals surface area (Å²) < 4.78 is 0. The van der Waals surface area contributed by atoms with Crippen LogP contribution < -0.4 is 5.73 Å². The van der Waals surface area contributed by atoms with Gasteiger partial charge in [-0.05, 0) is 44.9 Å². The van der Waals surface area contributed by atoms with E-state index in [4.69, 9.17) is 5.73 Å². The molecule has 4 heteroatoms. The van der Waals surface area contributed by atoms with Crippen molar-refractivity contribution >= 4 is 0 Å². The zero-order chi connectivity index (χ0) is 12.4. The maximum absolute atomic E-state index is 9.77. The van der Waals surface area contributed by atoms with Gasteiger partial charge in [0.2, 0.25) is 0 Å². The van der Waals surface area contributed by atoms with E-state index in [-0.39, 0.29) is 5.75 Å². The molecule has 0 spiro atoms. The topological polar surface area (TPSA) is 62.4 Å². The van der Waals surface area contributed by atoms with Crippen molar-refractivity contribution in [3.63, 3.8) is 0 Å². The minimum atomic E-state index is 0.272. The number of hydrogen-bond donors (Lipinski definition) is 2. The Kier molecular flexibility index (Phi) is 3.64. The van der Waals surface area contributed by atoms with Crippen LogP contribution in [0, 0.1) is 12.8 Å². The van der Waals surface area contributed by atoms with Crippen LogP contribution in [0.15, 0.2) is 12.1 Å². The normalized spacial score (nSPS) is 17.4. The number of aromatic hydroxyl groups is 1. The van der Waals surface area contributed by atoms with E-state index in [1.165, 1.54) is 12.8 Å². The van der Waals surface area contributed by atoms with Crippen molar-refractivity contribution in [1.29, 1.82) is 0 Å². The lowest BCUT2D eigenvalue weighted by Gasteiger charge is -2.26. The maximum Gasteiger partial charge on any atom is 0.138 e. The van der Waals surface area contributed by atoms with Gasteiger partial charge in [0.05, 0.1) is 5.69 Å². The second-order valence-electron chi connectivity index (χ2n) is 4.97. The standard InChI is InChI=1S/C13H21N3O/c1-9-3-6-13(17)11(15-9)8-16(2)12(7-14)10-4-5-10/h3,6,10,12,17H,4-5,7-8,14H2,1-2H3. The van der Waals surface area contributed by atoms with Crippen molar-refractivity contribution in [3.05, 3.63) is 23.5 Å². The first-order valence-electron chi connectivity index (χ1n) is 6.17. The fourth-order valence-electron chi connectivity index (χ4n) is 2.29. The van der Waals surface area contributed by atoms with Crippen LogP contribution in [0.5, 0.6) is 5.75 Å². The third-order valence-electron chi connectivity index (χ3n) is 3.46. The molecule has 0 aliphatic heterocycles. The lowest BCUT2D eigenvalue weighted by Crippen LogP contribution is -2.39. The molecule has 0 bridgehead atoms. The molecule has 0 saturated heterocycles. The predicted octanol–water partition coefficient (Wildman–Crippen LogP) is 1.26. The first-order valence-corrected chi connectivity index (χ1v) is 6.17. The Bertz CT molecular complexity index is 390. The number of aromatic nitrogens is 1. The number of hydrogen-bond acceptors (Lipinski definition) is 4. The van der Waals surface area contributed by atoms with Crippen LogP contribution in [-0.2, 0) is 6.54 Å². The lowest BCUT2D eigenvalue weighted by molar-refractivity contribution is 0.210. The number of rotatable bonds is 5. The van der Waals surface area contributed by atoms with Crippen molar-refractivity contribution in [2.24, 2.45) is 11.7 Å². The summed E-state index contributed by atoms with van der Waals surface area (Å²) in [6, 6.07) is 3.94. The van der Waals surface area contributed by atoms with Gasteiger partial charge in [-0.25, -0.2) is 0 Å². The molecule has 0 aromatic carbocycles. The van der Waals surface area contributed by atoms with Crippen molar-refractivity contribution in [2.75, 3.05) is 13.6 Å². The summed E-state index contributed by atoms with van der Waals surface area (Å²) in [5.74, 6) is 1.01. The molecule has 94 valence electrons. The number of pyridine rings is 1. The molecular weight excluding hydrogens is 214 g/mol. The third kappa shape index (κ3) is 2.96. The van der Waals surface area contributed by atoms with Crippen LogP contribution in [0.3, 0.4) is 0 Å². The molecule has 1 atom stereocenters. The molecule has 1 fully saturated rings. The smallest absolute Gasteiger partial charge is 0.138 e. The van der Waals surface area contributed by atoms with Crippen LogP contribution in [0.25, 0.3) is 0 Å². The van der Waals surface area contributed by atoms with E-state index < -0.39 is 0 Å². The SMILES string of the molecule is Cc1ccc(O)c(CN(C)C(CN)C2CC2)n1. The zero-order valence-electron chi connectivity index (χ0n) is 10.6. The molecule has 1 heterocycles. The Balaban J connectivity index is 2.05. The maximum atomic E-state index is 9.77. The van der Waals surface area contributed by atoms with E-state index >= 15 is 0 Å². The van der Waals surface area contributed by atoms with Gasteiger partial charge >= 0.3 is 0 Å². The molecule has 1 unspecified atom stereocenters. The minimum Gasteiger partial charge on any atom is -0.506 e. The van der Waals surface area contributed by atoms with Gasteiger partial charge in [0.15, 0.2) is 0 Å². The van der Waals surface area contributed by atoms with E-state index in [1.54, 1.807) is 6.07 Å². The highest BCUT2D eigenvalue weighted by atomic mass is 16.3. The minimum absolute atomic E-state index is 0.272. The molecule has 2 rings (SSSR count). The molecule has 3 N–H and O–H groups in total. The van der Waals surface area contributed by atoms with E-state index in [1.807, 2.05) is 13.0 Å². The van der Waals surface area contributed by atoms with Gasteiger partial charge in [0.25, 0.3) is 0 Å². The highest BCUT2D eigenvalue weighted by molar-refractivity contribution is 5.27. The lowest BCUT2D eigenvalue weighted by atomic mass is 10.1. The number of nitrogens with zero attached hydrogens (tertiary/aromatic N) is 2. The molecule has 17 heavy (non-hydrogen) atoms. The zero-order valence-corrected chi connectivity index (χ0v) is 10.6. The largest absolute Gasteiger partial charge is 0.506 e. The average molecular weight is 235 g/mol. The number of aryl methyl sites for hydroxylation is 1. The summed E-state index contributed by atoms with van der Waals surface area (Å²) in [6.45, 7) is 3.27. The van der Waals surface area contributed by atoms with Crippen molar-refractivity contribution in [2.45, 2.75) is 32.4 Å². The number of nitrogens with two attached hydrogens (primary N) is 1. The van der Waals surface area contributed by atoms with E-state index in [9.17, 15) is 5.11 Å². The molecule has 4 nitrogen and oxygen atoms in total. The summed E-state index contributed by atoms with van der Waals surface area (Å²) in [7, 11) is 2.05. The van der Waals surface area contributed by atoms with Gasteiger partial charge in [0.1, 0.15) is 5.75 Å². The second kappa shape index (κ2) is 5.02. The van der Waals surface area contributed by atoms with E-state index in [0.717, 1.165) is 17.3 Å². The quantitative estimate of drug-likeness (QED) is 0.806. The van der Waals surface area contributed by atoms with Gasteiger partial charge in [-0.1, -0.05) is 0 Å². The van der Waals surface area contributed by atoms with Gasteiger partial charge in [-0.15, -0.1) is 0 Å². The summed E-state index contributed by atoms with van der Waals surface area (Å²) in [5, 5.41) is 9.77. The molecule has 1 aliphatic carbocycles. The Morgan fingerprint density at radius 1 is 1.53 bits per heavy atom. The molecule has 1 aromatic heterocycles. The molecule has 0 radical (unpaired) electrons. The van der Waals surface area contributed by atoms with Crippen molar-refractivity contribution in [3.8, 4) is 5.75 Å². The van der Waals surface area contributed by atoms with E-state index in [2.05, 4.69) is 16.9 Å². The summed E-state index contributed by atoms with van der Waals surface area (Å²) in [5.41, 5.74) is 7.49. The first kappa shape index (κ1) is 12.3. The van der Waals surface area contributed by atoms with Crippen LogP contribution in [0.4, 0.5) is 0 Å². The molecule has 1 aliphatic rings. The van der Waals surface area contributed by atoms with Crippen LogP contribution in [-0.4, -0.2) is 34.6 Å². The highest BCUT2D eigenvalue weighted by Crippen LogP contribution is 2.35. The van der Waals surface area contributed by atoms with Crippen LogP contribution >= 0.6 is 0 Å². The van der Waals surface area contributed by atoms with Crippen LogP contribution in [0.1, 0.15) is 24.2 Å². The molecule has 1 aromatic rings. The average Bonchev–Trinajstić information content (AvgIpc) is 3.09. The van der Waals surface area contributed by atoms with Crippen LogP contribution in [0.2, 0.25) is 0 Å².